The number of halogens is 1. The van der Waals surface area contributed by atoms with Crippen molar-refractivity contribution in [2.75, 3.05) is 6.79 Å². The summed E-state index contributed by atoms with van der Waals surface area (Å²) in [5, 5.41) is 7.48. The lowest BCUT2D eigenvalue weighted by Crippen LogP contribution is -2.34. The van der Waals surface area contributed by atoms with E-state index < -0.39 is 0 Å². The number of nitrogens with one attached hydrogen (secondary N) is 1. The molecule has 10 heteroatoms. The van der Waals surface area contributed by atoms with Gasteiger partial charge in [-0.3, -0.25) is 9.59 Å². The molecule has 0 atom stereocenters. The van der Waals surface area contributed by atoms with Crippen molar-refractivity contribution in [2.24, 2.45) is 0 Å². The van der Waals surface area contributed by atoms with Crippen molar-refractivity contribution in [2.45, 2.75) is 26.9 Å². The van der Waals surface area contributed by atoms with E-state index in [1.54, 1.807) is 44.2 Å². The van der Waals surface area contributed by atoms with Gasteiger partial charge in [-0.25, -0.2) is 0 Å². The van der Waals surface area contributed by atoms with E-state index in [2.05, 4.69) is 15.5 Å². The Morgan fingerprint density at radius 1 is 1.09 bits per heavy atom. The normalized spacial score (nSPS) is 12.1. The topological polar surface area (TPSA) is 108 Å². The molecule has 0 unspecified atom stereocenters. The molecule has 0 saturated heterocycles. The number of fused-ring (bicyclic) bond motifs is 1. The van der Waals surface area contributed by atoms with E-state index in [0.717, 1.165) is 5.56 Å². The number of aryl methyl sites for hydroxylation is 2. The van der Waals surface area contributed by atoms with Gasteiger partial charge in [-0.2, -0.15) is 4.98 Å². The Morgan fingerprint density at radius 2 is 1.86 bits per heavy atom. The summed E-state index contributed by atoms with van der Waals surface area (Å²) in [5.74, 6) is 1.32. The van der Waals surface area contributed by atoms with Crippen LogP contribution in [0.4, 0.5) is 0 Å². The third-order valence-electron chi connectivity index (χ3n) is 5.68. The van der Waals surface area contributed by atoms with Gasteiger partial charge >= 0.3 is 0 Å². The molecule has 5 rings (SSSR count). The fourth-order valence-corrected chi connectivity index (χ4v) is 3.99. The molecule has 2 aromatic carbocycles. The highest BCUT2D eigenvalue weighted by molar-refractivity contribution is 6.30. The number of ether oxygens (including phenoxy) is 2. The highest BCUT2D eigenvalue weighted by Crippen LogP contribution is 2.35. The Bertz CT molecular complexity index is 1480. The van der Waals surface area contributed by atoms with Crippen molar-refractivity contribution in [1.29, 1.82) is 0 Å². The van der Waals surface area contributed by atoms with Gasteiger partial charge in [0.2, 0.25) is 18.5 Å². The number of benzene rings is 2. The van der Waals surface area contributed by atoms with Crippen molar-refractivity contribution in [3.63, 3.8) is 0 Å². The molecule has 0 aliphatic carbocycles. The lowest BCUT2D eigenvalue weighted by molar-refractivity contribution is -0.121. The Hall–Kier alpha value is -4.11. The van der Waals surface area contributed by atoms with Crippen molar-refractivity contribution < 1.29 is 18.8 Å². The number of rotatable bonds is 6. The van der Waals surface area contributed by atoms with Gasteiger partial charge in [0.05, 0.1) is 0 Å². The van der Waals surface area contributed by atoms with Crippen LogP contribution >= 0.6 is 11.6 Å². The highest BCUT2D eigenvalue weighted by atomic mass is 35.5. The van der Waals surface area contributed by atoms with Crippen LogP contribution in [0.3, 0.4) is 0 Å². The molecule has 1 N–H and O–H groups in total. The number of amides is 1. The van der Waals surface area contributed by atoms with Gasteiger partial charge in [0.1, 0.15) is 12.1 Å². The zero-order valence-corrected chi connectivity index (χ0v) is 19.8. The van der Waals surface area contributed by atoms with E-state index in [0.29, 0.717) is 45.7 Å². The molecular formula is C25H21ClN4O5. The minimum absolute atomic E-state index is 0.0792. The first kappa shape index (κ1) is 22.7. The SMILES string of the molecule is Cc1cc(C)n(CC(=O)NCc2ccc(Cl)cc2)c(=O)c1-c1nc(-c2ccc3c(c2)OCO3)no1. The summed E-state index contributed by atoms with van der Waals surface area (Å²) < 4.78 is 17.6. The zero-order chi connectivity index (χ0) is 24.5. The number of nitrogens with zero attached hydrogens (tertiary/aromatic N) is 3. The quantitative estimate of drug-likeness (QED) is 0.435. The molecule has 9 nitrogen and oxygen atoms in total. The van der Waals surface area contributed by atoms with Crippen molar-refractivity contribution in [3.05, 3.63) is 80.7 Å². The summed E-state index contributed by atoms with van der Waals surface area (Å²) in [5.41, 5.74) is 2.75. The molecule has 0 spiro atoms. The first-order valence-electron chi connectivity index (χ1n) is 10.9. The first-order chi connectivity index (χ1) is 16.9. The lowest BCUT2D eigenvalue weighted by atomic mass is 10.1. The molecule has 178 valence electrons. The zero-order valence-electron chi connectivity index (χ0n) is 19.0. The second-order valence-electron chi connectivity index (χ2n) is 8.13. The van der Waals surface area contributed by atoms with Crippen LogP contribution in [-0.4, -0.2) is 27.4 Å². The van der Waals surface area contributed by atoms with Gasteiger partial charge in [0.25, 0.3) is 11.4 Å². The molecule has 35 heavy (non-hydrogen) atoms. The number of carbonyl (C=O) groups is 1. The van der Waals surface area contributed by atoms with Crippen molar-refractivity contribution in [3.8, 4) is 34.3 Å². The maximum atomic E-state index is 13.4. The molecular weight excluding hydrogens is 472 g/mol. The largest absolute Gasteiger partial charge is 0.454 e. The number of hydrogen-bond donors (Lipinski definition) is 1. The number of carbonyl (C=O) groups excluding carboxylic acids is 1. The second-order valence-corrected chi connectivity index (χ2v) is 8.57. The minimum atomic E-state index is -0.384. The smallest absolute Gasteiger partial charge is 0.264 e. The standard InChI is InChI=1S/C25H21ClN4O5/c1-14-9-15(2)30(12-21(31)27-11-16-3-6-18(26)7-4-16)25(32)22(14)24-28-23(29-35-24)17-5-8-19-20(10-17)34-13-33-19/h3-10H,11-13H2,1-2H3,(H,27,31). The fraction of sp³-hybridized carbons (Fsp3) is 0.200. The Balaban J connectivity index is 1.38. The summed E-state index contributed by atoms with van der Waals surface area (Å²) in [6.45, 7) is 3.90. The van der Waals surface area contributed by atoms with Crippen molar-refractivity contribution in [1.82, 2.24) is 20.0 Å². The molecule has 0 saturated carbocycles. The minimum Gasteiger partial charge on any atom is -0.454 e. The Morgan fingerprint density at radius 3 is 2.66 bits per heavy atom. The van der Waals surface area contributed by atoms with Gasteiger partial charge in [0, 0.05) is 22.8 Å². The van der Waals surface area contributed by atoms with E-state index in [4.69, 9.17) is 25.6 Å². The summed E-state index contributed by atoms with van der Waals surface area (Å²) in [7, 11) is 0. The van der Waals surface area contributed by atoms with Crippen LogP contribution in [0.15, 0.2) is 57.8 Å². The molecule has 0 fully saturated rings. The average molecular weight is 493 g/mol. The molecule has 3 heterocycles. The third kappa shape index (κ3) is 4.63. The average Bonchev–Trinajstić information content (AvgIpc) is 3.50. The summed E-state index contributed by atoms with van der Waals surface area (Å²) >= 11 is 5.90. The van der Waals surface area contributed by atoms with E-state index in [1.807, 2.05) is 18.2 Å². The maximum Gasteiger partial charge on any atom is 0.264 e. The van der Waals surface area contributed by atoms with Gasteiger partial charge in [-0.15, -0.1) is 0 Å². The molecule has 1 aliphatic heterocycles. The monoisotopic (exact) mass is 492 g/mol. The van der Waals surface area contributed by atoms with Crippen LogP contribution in [0.2, 0.25) is 5.02 Å². The number of aromatic nitrogens is 3. The Labute approximate surface area is 205 Å². The number of hydrogen-bond acceptors (Lipinski definition) is 7. The van der Waals surface area contributed by atoms with Crippen LogP contribution in [0, 0.1) is 13.8 Å². The van der Waals surface area contributed by atoms with E-state index >= 15 is 0 Å². The van der Waals surface area contributed by atoms with Crippen LogP contribution in [0.5, 0.6) is 11.5 Å². The van der Waals surface area contributed by atoms with Gasteiger partial charge in [-0.05, 0) is 61.4 Å². The van der Waals surface area contributed by atoms with E-state index in [-0.39, 0.29) is 36.3 Å². The van der Waals surface area contributed by atoms with Crippen LogP contribution < -0.4 is 20.3 Å². The molecule has 4 aromatic rings. The van der Waals surface area contributed by atoms with Gasteiger partial charge in [-0.1, -0.05) is 28.9 Å². The molecule has 0 radical (unpaired) electrons. The van der Waals surface area contributed by atoms with Crippen LogP contribution in [-0.2, 0) is 17.9 Å². The molecule has 0 bridgehead atoms. The molecule has 1 aliphatic rings. The first-order valence-corrected chi connectivity index (χ1v) is 11.2. The summed E-state index contributed by atoms with van der Waals surface area (Å²) in [6, 6.07) is 14.3. The summed E-state index contributed by atoms with van der Waals surface area (Å²) in [4.78, 5) is 30.4. The number of pyridine rings is 1. The van der Waals surface area contributed by atoms with Gasteiger partial charge < -0.3 is 23.9 Å². The Kier molecular flexibility index (Phi) is 6.00. The third-order valence-corrected chi connectivity index (χ3v) is 5.93. The highest BCUT2D eigenvalue weighted by Gasteiger charge is 2.21. The molecule has 1 amide bonds. The second kappa shape index (κ2) is 9.27. The lowest BCUT2D eigenvalue weighted by Gasteiger charge is -2.13. The van der Waals surface area contributed by atoms with Crippen LogP contribution in [0.1, 0.15) is 16.8 Å². The predicted molar refractivity (Wildman–Crippen MR) is 128 cm³/mol. The summed E-state index contributed by atoms with van der Waals surface area (Å²) in [6.07, 6.45) is 0. The van der Waals surface area contributed by atoms with Gasteiger partial charge in [0.15, 0.2) is 11.5 Å². The van der Waals surface area contributed by atoms with E-state index in [1.165, 1.54) is 4.57 Å². The predicted octanol–water partition coefficient (Wildman–Crippen LogP) is 3.88. The van der Waals surface area contributed by atoms with Crippen LogP contribution in [0.25, 0.3) is 22.8 Å². The van der Waals surface area contributed by atoms with E-state index in [9.17, 15) is 9.59 Å². The van der Waals surface area contributed by atoms with Crippen molar-refractivity contribution >= 4 is 17.5 Å². The fourth-order valence-electron chi connectivity index (χ4n) is 3.86. The maximum absolute atomic E-state index is 13.4. The molecule has 2 aromatic heterocycles.